The number of likely N-dealkylation sites (N-methyl/N-ethyl adjacent to an activating group) is 1. The van der Waals surface area contributed by atoms with Crippen molar-refractivity contribution in [3.63, 3.8) is 0 Å². The summed E-state index contributed by atoms with van der Waals surface area (Å²) >= 11 is 0. The number of sulfonamides is 1. The van der Waals surface area contributed by atoms with Gasteiger partial charge in [0.05, 0.1) is 17.1 Å². The van der Waals surface area contributed by atoms with Gasteiger partial charge in [0.15, 0.2) is 0 Å². The van der Waals surface area contributed by atoms with E-state index in [4.69, 9.17) is 0 Å². The van der Waals surface area contributed by atoms with Crippen LogP contribution in [0.15, 0.2) is 89.8 Å². The Kier molecular flexibility index (Phi) is 6.90. The normalized spacial score (nSPS) is 11.4. The third-order valence-electron chi connectivity index (χ3n) is 5.31. The van der Waals surface area contributed by atoms with Crippen molar-refractivity contribution in [2.24, 2.45) is 0 Å². The molecule has 4 rings (SSSR count). The lowest BCUT2D eigenvalue weighted by Gasteiger charge is -2.17. The van der Waals surface area contributed by atoms with Gasteiger partial charge in [0.1, 0.15) is 5.82 Å². The molecule has 0 spiro atoms. The van der Waals surface area contributed by atoms with Crippen LogP contribution in [0, 0.1) is 0 Å². The van der Waals surface area contributed by atoms with Gasteiger partial charge in [-0.15, -0.1) is 0 Å². The number of benzene rings is 3. The Labute approximate surface area is 203 Å². The quantitative estimate of drug-likeness (QED) is 0.407. The maximum atomic E-state index is 12.8. The van der Waals surface area contributed by atoms with Gasteiger partial charge in [0, 0.05) is 25.2 Å². The molecular formula is C26H24N4O4S. The zero-order valence-electron chi connectivity index (χ0n) is 19.2. The monoisotopic (exact) mass is 488 g/mol. The van der Waals surface area contributed by atoms with E-state index < -0.39 is 22.5 Å². The van der Waals surface area contributed by atoms with E-state index in [-0.39, 0.29) is 10.8 Å². The molecule has 1 aromatic heterocycles. The first-order valence-electron chi connectivity index (χ1n) is 10.8. The highest BCUT2D eigenvalue weighted by Crippen LogP contribution is 2.24. The average molecular weight is 489 g/mol. The fraction of sp³-hybridized carbons (Fsp3) is 0.115. The van der Waals surface area contributed by atoms with Gasteiger partial charge < -0.3 is 10.6 Å². The van der Waals surface area contributed by atoms with E-state index in [1.165, 1.54) is 38.2 Å². The van der Waals surface area contributed by atoms with Crippen LogP contribution in [0.3, 0.4) is 0 Å². The molecule has 0 saturated heterocycles. The van der Waals surface area contributed by atoms with Crippen molar-refractivity contribution >= 4 is 44.1 Å². The Bertz CT molecular complexity index is 1500. The first kappa shape index (κ1) is 24.1. The van der Waals surface area contributed by atoms with Crippen molar-refractivity contribution in [2.75, 3.05) is 24.2 Å². The van der Waals surface area contributed by atoms with Crippen molar-refractivity contribution in [3.8, 4) is 11.3 Å². The summed E-state index contributed by atoms with van der Waals surface area (Å²) in [6.45, 7) is 0.973. The number of aromatic nitrogens is 1. The molecule has 2 N–H and O–H groups in total. The Morgan fingerprint density at radius 2 is 1.57 bits per heavy atom. The SMILES string of the molecule is CC(=O)Nc1ccc(S(=O)(=O)N(C)CC(=O)Nc2cccc(-c3ccc4ccccc4c3)n2)cc1. The molecule has 0 atom stereocenters. The maximum absolute atomic E-state index is 12.8. The van der Waals surface area contributed by atoms with Crippen LogP contribution in [0.1, 0.15) is 6.92 Å². The number of anilines is 2. The summed E-state index contributed by atoms with van der Waals surface area (Å²) in [7, 11) is -2.58. The van der Waals surface area contributed by atoms with E-state index >= 15 is 0 Å². The number of hydrogen-bond donors (Lipinski definition) is 2. The molecular weight excluding hydrogens is 464 g/mol. The second-order valence-corrected chi connectivity index (χ2v) is 10.0. The number of amides is 2. The summed E-state index contributed by atoms with van der Waals surface area (Å²) in [6, 6.07) is 25.0. The number of carbonyl (C=O) groups excluding carboxylic acids is 2. The topological polar surface area (TPSA) is 108 Å². The van der Waals surface area contributed by atoms with Crippen LogP contribution in [0.5, 0.6) is 0 Å². The molecule has 0 aliphatic rings. The lowest BCUT2D eigenvalue weighted by atomic mass is 10.0. The molecule has 0 aliphatic heterocycles. The molecule has 9 heteroatoms. The summed E-state index contributed by atoms with van der Waals surface area (Å²) < 4.78 is 26.6. The summed E-state index contributed by atoms with van der Waals surface area (Å²) in [5.74, 6) is -0.451. The minimum absolute atomic E-state index is 0.0123. The van der Waals surface area contributed by atoms with Crippen LogP contribution in [0.2, 0.25) is 0 Å². The first-order valence-corrected chi connectivity index (χ1v) is 12.3. The van der Waals surface area contributed by atoms with E-state index in [9.17, 15) is 18.0 Å². The van der Waals surface area contributed by atoms with Crippen LogP contribution in [0.25, 0.3) is 22.0 Å². The van der Waals surface area contributed by atoms with Crippen LogP contribution < -0.4 is 10.6 Å². The largest absolute Gasteiger partial charge is 0.326 e. The number of carbonyl (C=O) groups is 2. The van der Waals surface area contributed by atoms with Gasteiger partial charge >= 0.3 is 0 Å². The number of rotatable bonds is 7. The number of nitrogens with one attached hydrogen (secondary N) is 2. The maximum Gasteiger partial charge on any atom is 0.243 e. The third-order valence-corrected chi connectivity index (χ3v) is 7.13. The number of nitrogens with zero attached hydrogens (tertiary/aromatic N) is 2. The highest BCUT2D eigenvalue weighted by Gasteiger charge is 2.23. The van der Waals surface area contributed by atoms with Gasteiger partial charge in [-0.2, -0.15) is 4.31 Å². The molecule has 2 amide bonds. The molecule has 0 radical (unpaired) electrons. The minimum atomic E-state index is -3.90. The van der Waals surface area contributed by atoms with E-state index in [0.717, 1.165) is 20.6 Å². The lowest BCUT2D eigenvalue weighted by Crippen LogP contribution is -2.35. The van der Waals surface area contributed by atoms with E-state index in [1.54, 1.807) is 12.1 Å². The Morgan fingerprint density at radius 3 is 2.29 bits per heavy atom. The molecule has 0 bridgehead atoms. The lowest BCUT2D eigenvalue weighted by molar-refractivity contribution is -0.116. The highest BCUT2D eigenvalue weighted by molar-refractivity contribution is 7.89. The number of pyridine rings is 1. The molecule has 0 saturated carbocycles. The van der Waals surface area contributed by atoms with Crippen molar-refractivity contribution in [1.82, 2.24) is 9.29 Å². The van der Waals surface area contributed by atoms with E-state index in [0.29, 0.717) is 17.2 Å². The smallest absolute Gasteiger partial charge is 0.243 e. The van der Waals surface area contributed by atoms with Crippen molar-refractivity contribution < 1.29 is 18.0 Å². The predicted molar refractivity (Wildman–Crippen MR) is 136 cm³/mol. The summed E-state index contributed by atoms with van der Waals surface area (Å²) in [4.78, 5) is 28.3. The molecule has 0 fully saturated rings. The molecule has 0 unspecified atom stereocenters. The van der Waals surface area contributed by atoms with Crippen LogP contribution in [-0.4, -0.2) is 43.1 Å². The number of hydrogen-bond acceptors (Lipinski definition) is 5. The van der Waals surface area contributed by atoms with Crippen LogP contribution in [-0.2, 0) is 19.6 Å². The van der Waals surface area contributed by atoms with Crippen molar-refractivity contribution in [3.05, 3.63) is 84.9 Å². The van der Waals surface area contributed by atoms with Gasteiger partial charge in [-0.25, -0.2) is 13.4 Å². The Hall–Kier alpha value is -4.08. The van der Waals surface area contributed by atoms with Gasteiger partial charge in [-0.1, -0.05) is 42.5 Å². The highest BCUT2D eigenvalue weighted by atomic mass is 32.2. The second kappa shape index (κ2) is 10.0. The molecule has 0 aliphatic carbocycles. The summed E-state index contributed by atoms with van der Waals surface area (Å²) in [5.41, 5.74) is 2.07. The summed E-state index contributed by atoms with van der Waals surface area (Å²) in [6.07, 6.45) is 0. The van der Waals surface area contributed by atoms with Crippen LogP contribution in [0.4, 0.5) is 11.5 Å². The molecule has 4 aromatic rings. The zero-order chi connectivity index (χ0) is 25.0. The van der Waals surface area contributed by atoms with Gasteiger partial charge in [0.25, 0.3) is 0 Å². The fourth-order valence-corrected chi connectivity index (χ4v) is 4.70. The van der Waals surface area contributed by atoms with E-state index in [2.05, 4.69) is 15.6 Å². The third kappa shape index (κ3) is 5.71. The van der Waals surface area contributed by atoms with Gasteiger partial charge in [0.2, 0.25) is 21.8 Å². The van der Waals surface area contributed by atoms with Gasteiger partial charge in [-0.05, 0) is 53.2 Å². The molecule has 8 nitrogen and oxygen atoms in total. The molecule has 1 heterocycles. The molecule has 35 heavy (non-hydrogen) atoms. The van der Waals surface area contributed by atoms with Crippen molar-refractivity contribution in [2.45, 2.75) is 11.8 Å². The fourth-order valence-electron chi connectivity index (χ4n) is 3.58. The standard InChI is InChI=1S/C26H24N4O4S/c1-18(31)27-22-12-14-23(15-13-22)35(33,34)30(2)17-26(32)29-25-9-5-8-24(28-25)21-11-10-19-6-3-4-7-20(19)16-21/h3-16H,17H2,1-2H3,(H,27,31)(H,28,29,32). The average Bonchev–Trinajstić information content (AvgIpc) is 2.83. The van der Waals surface area contributed by atoms with Crippen LogP contribution >= 0.6 is 0 Å². The molecule has 3 aromatic carbocycles. The number of fused-ring (bicyclic) bond motifs is 1. The predicted octanol–water partition coefficient (Wildman–Crippen LogP) is 4.12. The minimum Gasteiger partial charge on any atom is -0.326 e. The first-order chi connectivity index (χ1) is 16.7. The van der Waals surface area contributed by atoms with Gasteiger partial charge in [-0.3, -0.25) is 9.59 Å². The van der Waals surface area contributed by atoms with Crippen molar-refractivity contribution in [1.29, 1.82) is 0 Å². The Morgan fingerprint density at radius 1 is 0.857 bits per heavy atom. The Balaban J connectivity index is 1.44. The zero-order valence-corrected chi connectivity index (χ0v) is 20.0. The summed E-state index contributed by atoms with van der Waals surface area (Å²) in [5, 5.41) is 7.45. The molecule has 178 valence electrons. The second-order valence-electron chi connectivity index (χ2n) is 7.98. The van der Waals surface area contributed by atoms with E-state index in [1.807, 2.05) is 48.5 Å².